The van der Waals surface area contributed by atoms with Crippen LogP contribution in [0.3, 0.4) is 0 Å². The molecule has 136 valence electrons. The highest BCUT2D eigenvalue weighted by molar-refractivity contribution is 5.94. The van der Waals surface area contributed by atoms with Crippen LogP contribution in [0.5, 0.6) is 11.5 Å². The zero-order valence-corrected chi connectivity index (χ0v) is 14.3. The van der Waals surface area contributed by atoms with Crippen LogP contribution in [0, 0.1) is 17.0 Å². The maximum absolute atomic E-state index is 12.3. The summed E-state index contributed by atoms with van der Waals surface area (Å²) in [6.07, 6.45) is 0. The minimum atomic E-state index is -1.33. The number of nitrogens with one attached hydrogen (secondary N) is 1. The number of ether oxygens (including phenoxy) is 2. The van der Waals surface area contributed by atoms with E-state index in [4.69, 9.17) is 9.47 Å². The number of benzene rings is 2. The molecule has 1 aliphatic rings. The van der Waals surface area contributed by atoms with Crippen molar-refractivity contribution in [3.63, 3.8) is 0 Å². The maximum Gasteiger partial charge on any atom is 0.272 e. The van der Waals surface area contributed by atoms with Crippen molar-refractivity contribution >= 4 is 11.6 Å². The summed E-state index contributed by atoms with van der Waals surface area (Å²) in [4.78, 5) is 22.7. The molecule has 0 radical (unpaired) electrons. The van der Waals surface area contributed by atoms with Gasteiger partial charge in [-0.2, -0.15) is 0 Å². The number of aliphatic hydroxyl groups is 1. The highest BCUT2D eigenvalue weighted by Crippen LogP contribution is 2.35. The Bertz CT molecular complexity index is 878. The number of carbonyl (C=O) groups excluding carboxylic acids is 1. The monoisotopic (exact) mass is 358 g/mol. The molecule has 1 atom stereocenters. The van der Waals surface area contributed by atoms with Crippen LogP contribution >= 0.6 is 0 Å². The van der Waals surface area contributed by atoms with Gasteiger partial charge in [-0.25, -0.2) is 0 Å². The van der Waals surface area contributed by atoms with Gasteiger partial charge in [-0.05, 0) is 43.7 Å². The summed E-state index contributed by atoms with van der Waals surface area (Å²) in [6.45, 7) is 3.24. The lowest BCUT2D eigenvalue weighted by molar-refractivity contribution is -0.385. The molecule has 1 amide bonds. The Morgan fingerprint density at radius 1 is 1.27 bits per heavy atom. The normalized spacial score (nSPS) is 14.6. The van der Waals surface area contributed by atoms with Gasteiger partial charge in [-0.1, -0.05) is 6.07 Å². The second-order valence-corrected chi connectivity index (χ2v) is 6.28. The lowest BCUT2D eigenvalue weighted by Crippen LogP contribution is -2.38. The third-order valence-electron chi connectivity index (χ3n) is 4.24. The molecule has 2 aromatic rings. The number of hydrogen-bond acceptors (Lipinski definition) is 6. The predicted molar refractivity (Wildman–Crippen MR) is 92.3 cm³/mol. The van der Waals surface area contributed by atoms with Gasteiger partial charge in [0.25, 0.3) is 11.6 Å². The molecule has 0 aliphatic carbocycles. The fourth-order valence-electron chi connectivity index (χ4n) is 2.69. The fraction of sp³-hybridized carbons (Fsp3) is 0.278. The number of nitrogens with zero attached hydrogens (tertiary/aromatic N) is 1. The van der Waals surface area contributed by atoms with Gasteiger partial charge in [0.15, 0.2) is 11.5 Å². The van der Waals surface area contributed by atoms with E-state index in [-0.39, 0.29) is 24.6 Å². The quantitative estimate of drug-likeness (QED) is 0.626. The molecular formula is C18H18N2O6. The number of rotatable bonds is 5. The van der Waals surface area contributed by atoms with Crippen molar-refractivity contribution in [3.05, 3.63) is 63.2 Å². The summed E-state index contributed by atoms with van der Waals surface area (Å²) < 4.78 is 10.5. The van der Waals surface area contributed by atoms with Gasteiger partial charge in [0.05, 0.1) is 11.5 Å². The minimum absolute atomic E-state index is 0.0402. The first-order valence-corrected chi connectivity index (χ1v) is 7.94. The van der Waals surface area contributed by atoms with Crippen molar-refractivity contribution < 1.29 is 24.3 Å². The molecular weight excluding hydrogens is 340 g/mol. The zero-order valence-electron chi connectivity index (χ0n) is 14.3. The molecule has 0 saturated heterocycles. The molecule has 8 heteroatoms. The Hall–Kier alpha value is -3.13. The van der Waals surface area contributed by atoms with Crippen molar-refractivity contribution in [2.45, 2.75) is 19.4 Å². The van der Waals surface area contributed by atoms with Crippen molar-refractivity contribution in [1.82, 2.24) is 5.32 Å². The molecule has 3 rings (SSSR count). The molecule has 0 aromatic heterocycles. The zero-order chi connectivity index (χ0) is 18.9. The van der Waals surface area contributed by atoms with Crippen LogP contribution in [-0.4, -0.2) is 29.3 Å². The standard InChI is InChI=1S/C18H18N2O6/c1-11-7-12(3-5-14(11)20(23)24)17(21)19-9-18(2,22)13-4-6-15-16(8-13)26-10-25-15/h3-8,22H,9-10H2,1-2H3,(H,19,21). The van der Waals surface area contributed by atoms with Gasteiger partial charge >= 0.3 is 0 Å². The largest absolute Gasteiger partial charge is 0.454 e. The summed E-state index contributed by atoms with van der Waals surface area (Å²) in [5, 5.41) is 24.2. The molecule has 1 unspecified atom stereocenters. The highest BCUT2D eigenvalue weighted by Gasteiger charge is 2.27. The Labute approximate surface area is 149 Å². The van der Waals surface area contributed by atoms with Gasteiger partial charge in [-0.3, -0.25) is 14.9 Å². The van der Waals surface area contributed by atoms with E-state index in [0.29, 0.717) is 22.6 Å². The molecule has 0 spiro atoms. The summed E-state index contributed by atoms with van der Waals surface area (Å²) in [5.41, 5.74) is -0.123. The molecule has 1 aliphatic heterocycles. The molecule has 2 aromatic carbocycles. The SMILES string of the molecule is Cc1cc(C(=O)NCC(C)(O)c2ccc3c(c2)OCO3)ccc1[N+](=O)[O-]. The second kappa shape index (κ2) is 6.64. The fourth-order valence-corrected chi connectivity index (χ4v) is 2.69. The van der Waals surface area contributed by atoms with Crippen LogP contribution in [-0.2, 0) is 5.60 Å². The minimum Gasteiger partial charge on any atom is -0.454 e. The van der Waals surface area contributed by atoms with Crippen LogP contribution in [0.2, 0.25) is 0 Å². The number of hydrogen-bond donors (Lipinski definition) is 2. The van der Waals surface area contributed by atoms with Crippen LogP contribution in [0.4, 0.5) is 5.69 Å². The second-order valence-electron chi connectivity index (χ2n) is 6.28. The number of nitro groups is 1. The first kappa shape index (κ1) is 17.7. The Balaban J connectivity index is 1.70. The van der Waals surface area contributed by atoms with E-state index in [0.717, 1.165) is 0 Å². The first-order valence-electron chi connectivity index (χ1n) is 7.94. The van der Waals surface area contributed by atoms with Gasteiger partial charge in [0.1, 0.15) is 5.60 Å². The maximum atomic E-state index is 12.3. The number of nitro benzene ring substituents is 1. The van der Waals surface area contributed by atoms with Gasteiger partial charge in [-0.15, -0.1) is 0 Å². The van der Waals surface area contributed by atoms with Crippen LogP contribution in [0.25, 0.3) is 0 Å². The number of fused-ring (bicyclic) bond motifs is 1. The molecule has 8 nitrogen and oxygen atoms in total. The number of carbonyl (C=O) groups is 1. The van der Waals surface area contributed by atoms with E-state index in [1.165, 1.54) is 18.2 Å². The molecule has 26 heavy (non-hydrogen) atoms. The lowest BCUT2D eigenvalue weighted by Gasteiger charge is -2.24. The van der Waals surface area contributed by atoms with E-state index in [2.05, 4.69) is 5.32 Å². The molecule has 0 saturated carbocycles. The van der Waals surface area contributed by atoms with E-state index >= 15 is 0 Å². The summed E-state index contributed by atoms with van der Waals surface area (Å²) in [7, 11) is 0. The van der Waals surface area contributed by atoms with Crippen molar-refractivity contribution in [3.8, 4) is 11.5 Å². The lowest BCUT2D eigenvalue weighted by atomic mass is 9.95. The van der Waals surface area contributed by atoms with Crippen molar-refractivity contribution in [2.24, 2.45) is 0 Å². The Morgan fingerprint density at radius 2 is 2.00 bits per heavy atom. The van der Waals surface area contributed by atoms with Crippen molar-refractivity contribution in [1.29, 1.82) is 0 Å². The summed E-state index contributed by atoms with van der Waals surface area (Å²) in [5.74, 6) is 0.721. The van der Waals surface area contributed by atoms with Crippen LogP contribution < -0.4 is 14.8 Å². The van der Waals surface area contributed by atoms with Gasteiger partial charge in [0.2, 0.25) is 6.79 Å². The van der Waals surface area contributed by atoms with E-state index < -0.39 is 16.4 Å². The molecule has 0 fully saturated rings. The highest BCUT2D eigenvalue weighted by atomic mass is 16.7. The average molecular weight is 358 g/mol. The summed E-state index contributed by atoms with van der Waals surface area (Å²) >= 11 is 0. The molecule has 1 heterocycles. The first-order chi connectivity index (χ1) is 12.3. The van der Waals surface area contributed by atoms with Crippen LogP contribution in [0.15, 0.2) is 36.4 Å². The molecule has 0 bridgehead atoms. The number of amides is 1. The van der Waals surface area contributed by atoms with Gasteiger partial charge in [0, 0.05) is 17.2 Å². The molecule has 2 N–H and O–H groups in total. The predicted octanol–water partition coefficient (Wildman–Crippen LogP) is 2.27. The van der Waals surface area contributed by atoms with E-state index in [1.807, 2.05) is 0 Å². The topological polar surface area (TPSA) is 111 Å². The van der Waals surface area contributed by atoms with Crippen LogP contribution in [0.1, 0.15) is 28.4 Å². The third-order valence-corrected chi connectivity index (χ3v) is 4.24. The number of aryl methyl sites for hydroxylation is 1. The Kier molecular flexibility index (Phi) is 4.52. The van der Waals surface area contributed by atoms with Gasteiger partial charge < -0.3 is 19.9 Å². The average Bonchev–Trinajstić information content (AvgIpc) is 3.07. The summed E-state index contributed by atoms with van der Waals surface area (Å²) in [6, 6.07) is 9.20. The Morgan fingerprint density at radius 3 is 2.69 bits per heavy atom. The third kappa shape index (κ3) is 3.45. The van der Waals surface area contributed by atoms with E-state index in [1.54, 1.807) is 32.0 Å². The smallest absolute Gasteiger partial charge is 0.272 e. The van der Waals surface area contributed by atoms with E-state index in [9.17, 15) is 20.0 Å². The van der Waals surface area contributed by atoms with Crippen molar-refractivity contribution in [2.75, 3.05) is 13.3 Å².